The Morgan fingerprint density at radius 2 is 1.47 bits per heavy atom. The predicted octanol–water partition coefficient (Wildman–Crippen LogP) is 3.10. The number of thioether (sulfide) groups is 1. The molecule has 0 atom stereocenters. The zero-order valence-corrected chi connectivity index (χ0v) is 19.8. The van der Waals surface area contributed by atoms with Crippen molar-refractivity contribution in [1.82, 2.24) is 15.1 Å². The summed E-state index contributed by atoms with van der Waals surface area (Å²) < 4.78 is 64.7. The van der Waals surface area contributed by atoms with Crippen LogP contribution in [-0.4, -0.2) is 102 Å². The number of nitrogens with one attached hydrogen (secondary N) is 1. The largest absolute Gasteiger partial charge is 0.490 e. The van der Waals surface area contributed by atoms with Gasteiger partial charge >= 0.3 is 24.3 Å². The summed E-state index contributed by atoms with van der Waals surface area (Å²) >= 11 is 3.37. The van der Waals surface area contributed by atoms with E-state index in [1.807, 2.05) is 12.1 Å². The number of nitrogens with zero attached hydrogens (tertiary/aromatic N) is 2. The van der Waals surface area contributed by atoms with Crippen LogP contribution in [0.4, 0.5) is 26.3 Å². The Morgan fingerprint density at radius 1 is 1.00 bits per heavy atom. The highest BCUT2D eigenvalue weighted by Crippen LogP contribution is 2.26. The molecule has 1 aromatic rings. The monoisotopic (exact) mass is 541 g/mol. The molecule has 1 aliphatic rings. The molecule has 2 rings (SSSR count). The first-order chi connectivity index (χ1) is 15.6. The van der Waals surface area contributed by atoms with Crippen LogP contribution in [-0.2, 0) is 9.59 Å². The SMILES string of the molecule is CCSc1ccc(C(=O)NCCN2CCN(C)CC2)s1.O=C(O)C(F)(F)F.O=C(O)C(F)(F)F. The first-order valence-electron chi connectivity index (χ1n) is 9.59. The van der Waals surface area contributed by atoms with Crippen molar-refractivity contribution in [2.45, 2.75) is 23.5 Å². The topological polar surface area (TPSA) is 110 Å². The van der Waals surface area contributed by atoms with Gasteiger partial charge < -0.3 is 20.4 Å². The van der Waals surface area contributed by atoms with Crippen molar-refractivity contribution in [3.05, 3.63) is 17.0 Å². The van der Waals surface area contributed by atoms with E-state index in [4.69, 9.17) is 19.8 Å². The number of carbonyl (C=O) groups is 3. The van der Waals surface area contributed by atoms with Gasteiger partial charge in [0.25, 0.3) is 5.91 Å². The second-order valence-corrected chi connectivity index (χ2v) is 9.21. The second-order valence-electron chi connectivity index (χ2n) is 6.56. The van der Waals surface area contributed by atoms with Crippen molar-refractivity contribution in [2.75, 3.05) is 52.1 Å². The molecule has 0 unspecified atom stereocenters. The number of aliphatic carboxylic acids is 2. The first-order valence-corrected chi connectivity index (χ1v) is 11.4. The van der Waals surface area contributed by atoms with Crippen molar-refractivity contribution in [1.29, 1.82) is 0 Å². The zero-order chi connectivity index (χ0) is 26.5. The lowest BCUT2D eigenvalue weighted by molar-refractivity contribution is -0.193. The molecule has 0 spiro atoms. The highest BCUT2D eigenvalue weighted by molar-refractivity contribution is 8.01. The lowest BCUT2D eigenvalue weighted by Gasteiger charge is -2.32. The molecule has 1 saturated heterocycles. The maximum Gasteiger partial charge on any atom is 0.490 e. The van der Waals surface area contributed by atoms with E-state index in [1.165, 1.54) is 4.21 Å². The summed E-state index contributed by atoms with van der Waals surface area (Å²) in [4.78, 5) is 35.4. The van der Waals surface area contributed by atoms with Gasteiger partial charge in [0.15, 0.2) is 0 Å². The number of alkyl halides is 6. The third-order valence-corrected chi connectivity index (χ3v) is 6.08. The summed E-state index contributed by atoms with van der Waals surface area (Å²) in [5, 5.41) is 17.3. The van der Waals surface area contributed by atoms with Crippen LogP contribution in [0, 0.1) is 0 Å². The predicted molar refractivity (Wildman–Crippen MR) is 114 cm³/mol. The van der Waals surface area contributed by atoms with Gasteiger partial charge in [-0.15, -0.1) is 23.1 Å². The fourth-order valence-electron chi connectivity index (χ4n) is 2.15. The number of rotatable bonds is 6. The lowest BCUT2D eigenvalue weighted by Crippen LogP contribution is -2.46. The second kappa shape index (κ2) is 15.1. The molecule has 3 N–H and O–H groups in total. The Hall–Kier alpha value is -2.04. The molecule has 1 fully saturated rings. The van der Waals surface area contributed by atoms with Gasteiger partial charge in [-0.3, -0.25) is 9.69 Å². The number of amides is 1. The van der Waals surface area contributed by atoms with Crippen LogP contribution in [0.5, 0.6) is 0 Å². The van der Waals surface area contributed by atoms with Crippen molar-refractivity contribution in [3.63, 3.8) is 0 Å². The number of thiophene rings is 1. The summed E-state index contributed by atoms with van der Waals surface area (Å²) in [7, 11) is 2.15. The third kappa shape index (κ3) is 14.3. The van der Waals surface area contributed by atoms with Gasteiger partial charge in [-0.25, -0.2) is 9.59 Å². The molecule has 8 nitrogen and oxygen atoms in total. The smallest absolute Gasteiger partial charge is 0.475 e. The first kappa shape index (κ1) is 32.0. The van der Waals surface area contributed by atoms with Crippen LogP contribution in [0.15, 0.2) is 16.3 Å². The van der Waals surface area contributed by atoms with Crippen LogP contribution in [0.25, 0.3) is 0 Å². The Morgan fingerprint density at radius 3 is 1.88 bits per heavy atom. The Bertz CT molecular complexity index is 757. The van der Waals surface area contributed by atoms with Crippen LogP contribution in [0.1, 0.15) is 16.6 Å². The maximum atomic E-state index is 12.0. The normalized spacial score (nSPS) is 14.8. The van der Waals surface area contributed by atoms with E-state index < -0.39 is 24.3 Å². The van der Waals surface area contributed by atoms with Crippen molar-refractivity contribution < 1.29 is 50.9 Å². The summed E-state index contributed by atoms with van der Waals surface area (Å²) in [6.45, 7) is 8.25. The zero-order valence-electron chi connectivity index (χ0n) is 18.2. The molecule has 1 amide bonds. The molecule has 34 heavy (non-hydrogen) atoms. The Labute approximate surface area is 199 Å². The van der Waals surface area contributed by atoms with Gasteiger partial charge in [-0.1, -0.05) is 6.92 Å². The van der Waals surface area contributed by atoms with E-state index in [0.717, 1.165) is 49.9 Å². The number of carboxylic acids is 2. The minimum absolute atomic E-state index is 0.0621. The summed E-state index contributed by atoms with van der Waals surface area (Å²) in [5.41, 5.74) is 0. The van der Waals surface area contributed by atoms with Gasteiger partial charge in [0, 0.05) is 39.3 Å². The lowest BCUT2D eigenvalue weighted by atomic mass is 10.3. The van der Waals surface area contributed by atoms with Gasteiger partial charge in [0.1, 0.15) is 0 Å². The molecule has 0 bridgehead atoms. The maximum absolute atomic E-state index is 12.0. The molecule has 2 heterocycles. The van der Waals surface area contributed by atoms with Crippen molar-refractivity contribution >= 4 is 40.9 Å². The van der Waals surface area contributed by atoms with Crippen LogP contribution < -0.4 is 5.32 Å². The Balaban J connectivity index is 0.000000642. The number of hydrogen-bond acceptors (Lipinski definition) is 7. The van der Waals surface area contributed by atoms with Crippen LogP contribution in [0.3, 0.4) is 0 Å². The molecule has 0 radical (unpaired) electrons. The van der Waals surface area contributed by atoms with Crippen molar-refractivity contribution in [2.24, 2.45) is 0 Å². The number of piperazine rings is 1. The molecule has 0 saturated carbocycles. The van der Waals surface area contributed by atoms with E-state index in [-0.39, 0.29) is 5.91 Å². The van der Waals surface area contributed by atoms with E-state index in [2.05, 4.69) is 29.1 Å². The molecule has 196 valence electrons. The minimum atomic E-state index is -5.08. The van der Waals surface area contributed by atoms with E-state index >= 15 is 0 Å². The molecule has 1 aliphatic heterocycles. The quantitative estimate of drug-likeness (QED) is 0.373. The highest BCUT2D eigenvalue weighted by atomic mass is 32.2. The van der Waals surface area contributed by atoms with Gasteiger partial charge in [0.05, 0.1) is 9.09 Å². The van der Waals surface area contributed by atoms with Crippen LogP contribution >= 0.6 is 23.1 Å². The third-order valence-electron chi connectivity index (χ3n) is 3.89. The number of carbonyl (C=O) groups excluding carboxylic acids is 1. The minimum Gasteiger partial charge on any atom is -0.475 e. The number of likely N-dealkylation sites (N-methyl/N-ethyl adjacent to an activating group) is 1. The fraction of sp³-hybridized carbons (Fsp3) is 0.611. The van der Waals surface area contributed by atoms with Gasteiger partial charge in [0.2, 0.25) is 0 Å². The Kier molecular flexibility index (Phi) is 14.2. The van der Waals surface area contributed by atoms with E-state index in [0.29, 0.717) is 0 Å². The summed E-state index contributed by atoms with van der Waals surface area (Å²) in [6.07, 6.45) is -10.2. The number of carboxylic acid groups (broad SMARTS) is 2. The standard InChI is InChI=1S/C14H23N3OS2.2C2HF3O2/c1-3-19-13-5-4-12(20-13)14(18)15-6-7-17-10-8-16(2)9-11-17;2*3-2(4,5)1(6)7/h4-5H,3,6-11H2,1-2H3,(H,15,18);2*(H,6,7). The fourth-order valence-corrected chi connectivity index (χ4v) is 4.11. The summed E-state index contributed by atoms with van der Waals surface area (Å²) in [6, 6.07) is 3.96. The molecule has 16 heteroatoms. The average Bonchev–Trinajstić information content (AvgIpc) is 3.18. The van der Waals surface area contributed by atoms with Gasteiger partial charge in [-0.05, 0) is 24.9 Å². The molecule has 0 aliphatic carbocycles. The van der Waals surface area contributed by atoms with Crippen molar-refractivity contribution in [3.8, 4) is 0 Å². The number of halogens is 6. The average molecular weight is 542 g/mol. The van der Waals surface area contributed by atoms with E-state index in [9.17, 15) is 31.1 Å². The van der Waals surface area contributed by atoms with Gasteiger partial charge in [-0.2, -0.15) is 26.3 Å². The summed E-state index contributed by atoms with van der Waals surface area (Å²) in [5.74, 6) is -4.41. The van der Waals surface area contributed by atoms with E-state index in [1.54, 1.807) is 23.1 Å². The molecule has 0 aromatic carbocycles. The molecule has 1 aromatic heterocycles. The molecular formula is C18H25F6N3O5S2. The van der Waals surface area contributed by atoms with Crippen LogP contribution in [0.2, 0.25) is 0 Å². The number of hydrogen-bond donors (Lipinski definition) is 3. The highest BCUT2D eigenvalue weighted by Gasteiger charge is 2.38. The molecular weight excluding hydrogens is 516 g/mol.